The lowest BCUT2D eigenvalue weighted by Gasteiger charge is -2.17. The number of hydrogen-bond donors (Lipinski definition) is 2. The fraction of sp³-hybridized carbons (Fsp3) is 0.364. The molecule has 2 rings (SSSR count). The summed E-state index contributed by atoms with van der Waals surface area (Å²) >= 11 is 0. The van der Waals surface area contributed by atoms with Crippen LogP contribution in [0.3, 0.4) is 0 Å². The van der Waals surface area contributed by atoms with Gasteiger partial charge in [0.25, 0.3) is 11.8 Å². The average Bonchev–Trinajstić information content (AvgIpc) is 2.71. The fourth-order valence-corrected chi connectivity index (χ4v) is 2.53. The molecule has 28 heavy (non-hydrogen) atoms. The predicted octanol–water partition coefficient (Wildman–Crippen LogP) is 3.50. The van der Waals surface area contributed by atoms with Crippen LogP contribution in [-0.2, 0) is 9.59 Å². The summed E-state index contributed by atoms with van der Waals surface area (Å²) in [5.74, 6) is 0.696. The Morgan fingerprint density at radius 3 is 2.36 bits per heavy atom. The van der Waals surface area contributed by atoms with E-state index in [4.69, 9.17) is 9.47 Å². The zero-order valence-electron chi connectivity index (χ0n) is 16.8. The lowest BCUT2D eigenvalue weighted by Crippen LogP contribution is -2.48. The van der Waals surface area contributed by atoms with E-state index in [1.54, 1.807) is 19.1 Å². The van der Waals surface area contributed by atoms with E-state index in [1.165, 1.54) is 0 Å². The number of hydrazine groups is 1. The van der Waals surface area contributed by atoms with Crippen molar-refractivity contribution in [3.8, 4) is 11.5 Å². The summed E-state index contributed by atoms with van der Waals surface area (Å²) in [7, 11) is 0. The number of ether oxygens (including phenoxy) is 2. The molecular weight excluding hydrogens is 356 g/mol. The Morgan fingerprint density at radius 2 is 1.68 bits per heavy atom. The van der Waals surface area contributed by atoms with Crippen molar-refractivity contribution < 1.29 is 19.1 Å². The molecule has 2 aromatic rings. The van der Waals surface area contributed by atoms with Gasteiger partial charge in [-0.1, -0.05) is 49.7 Å². The largest absolute Gasteiger partial charge is 0.483 e. The van der Waals surface area contributed by atoms with Gasteiger partial charge < -0.3 is 9.47 Å². The molecule has 0 radical (unpaired) electrons. The molecule has 150 valence electrons. The lowest BCUT2D eigenvalue weighted by molar-refractivity contribution is -0.133. The summed E-state index contributed by atoms with van der Waals surface area (Å²) in [5.41, 5.74) is 6.86. The Kier molecular flexibility index (Phi) is 7.87. The van der Waals surface area contributed by atoms with Crippen LogP contribution in [-0.4, -0.2) is 24.5 Å². The second kappa shape index (κ2) is 10.3. The van der Waals surface area contributed by atoms with Crippen molar-refractivity contribution in [1.29, 1.82) is 0 Å². The van der Waals surface area contributed by atoms with Gasteiger partial charge in [0.2, 0.25) is 0 Å². The average molecular weight is 384 g/mol. The van der Waals surface area contributed by atoms with E-state index < -0.39 is 17.9 Å². The molecule has 0 saturated carbocycles. The van der Waals surface area contributed by atoms with Gasteiger partial charge >= 0.3 is 0 Å². The highest BCUT2D eigenvalue weighted by Crippen LogP contribution is 2.28. The maximum atomic E-state index is 12.1. The van der Waals surface area contributed by atoms with Crippen LogP contribution >= 0.6 is 0 Å². The highest BCUT2D eigenvalue weighted by Gasteiger charge is 2.16. The number of nitrogens with one attached hydrogen (secondary N) is 2. The zero-order chi connectivity index (χ0) is 20.5. The van der Waals surface area contributed by atoms with Crippen LogP contribution in [0.2, 0.25) is 0 Å². The van der Waals surface area contributed by atoms with Gasteiger partial charge in [-0.05, 0) is 49.9 Å². The highest BCUT2D eigenvalue weighted by molar-refractivity contribution is 5.85. The van der Waals surface area contributed by atoms with Crippen LogP contribution in [0.5, 0.6) is 11.5 Å². The molecule has 2 unspecified atom stereocenters. The van der Waals surface area contributed by atoms with E-state index in [9.17, 15) is 9.59 Å². The first-order valence-electron chi connectivity index (χ1n) is 9.44. The second-order valence-electron chi connectivity index (χ2n) is 6.75. The van der Waals surface area contributed by atoms with E-state index >= 15 is 0 Å². The Bertz CT molecular complexity index is 789. The van der Waals surface area contributed by atoms with E-state index in [0.717, 1.165) is 17.5 Å². The number of carbonyl (C=O) groups is 2. The maximum absolute atomic E-state index is 12.1. The molecular formula is C22H28N2O4. The SMILES string of the molecule is CCC(C)c1ccccc1OCC(=O)NNC(=O)C(C)Oc1ccc(C)cc1. The minimum absolute atomic E-state index is 0.194. The second-order valence-corrected chi connectivity index (χ2v) is 6.75. The van der Waals surface area contributed by atoms with E-state index in [1.807, 2.05) is 43.3 Å². The predicted molar refractivity (Wildman–Crippen MR) is 108 cm³/mol. The van der Waals surface area contributed by atoms with Crippen LogP contribution < -0.4 is 20.3 Å². The molecule has 0 spiro atoms. The molecule has 0 aliphatic rings. The number of hydrogen-bond acceptors (Lipinski definition) is 4. The molecule has 0 aromatic heterocycles. The molecule has 6 heteroatoms. The maximum Gasteiger partial charge on any atom is 0.279 e. The molecule has 0 bridgehead atoms. The Hall–Kier alpha value is -3.02. The van der Waals surface area contributed by atoms with Gasteiger partial charge in [-0.3, -0.25) is 20.4 Å². The summed E-state index contributed by atoms with van der Waals surface area (Å²) in [4.78, 5) is 24.1. The summed E-state index contributed by atoms with van der Waals surface area (Å²) in [6, 6.07) is 15.0. The molecule has 0 fully saturated rings. The van der Waals surface area contributed by atoms with Crippen molar-refractivity contribution >= 4 is 11.8 Å². The summed E-state index contributed by atoms with van der Waals surface area (Å²) in [6.07, 6.45) is 0.219. The third kappa shape index (κ3) is 6.30. The number of rotatable bonds is 8. The molecule has 0 aliphatic heterocycles. The van der Waals surface area contributed by atoms with Crippen LogP contribution in [0.25, 0.3) is 0 Å². The van der Waals surface area contributed by atoms with E-state index in [2.05, 4.69) is 24.7 Å². The molecule has 2 N–H and O–H groups in total. The summed E-state index contributed by atoms with van der Waals surface area (Å²) in [6.45, 7) is 7.60. The van der Waals surface area contributed by atoms with Crippen LogP contribution in [0.4, 0.5) is 0 Å². The molecule has 0 heterocycles. The number of amides is 2. The van der Waals surface area contributed by atoms with Crippen LogP contribution in [0, 0.1) is 6.92 Å². The first-order valence-corrected chi connectivity index (χ1v) is 9.44. The van der Waals surface area contributed by atoms with Crippen molar-refractivity contribution in [3.05, 3.63) is 59.7 Å². The molecule has 0 saturated heterocycles. The summed E-state index contributed by atoms with van der Waals surface area (Å²) < 4.78 is 11.2. The van der Waals surface area contributed by atoms with Crippen molar-refractivity contribution in [1.82, 2.24) is 10.9 Å². The number of para-hydroxylation sites is 1. The third-order valence-electron chi connectivity index (χ3n) is 4.45. The third-order valence-corrected chi connectivity index (χ3v) is 4.45. The van der Waals surface area contributed by atoms with Crippen molar-refractivity contribution in [2.75, 3.05) is 6.61 Å². The normalized spacial score (nSPS) is 12.6. The van der Waals surface area contributed by atoms with E-state index in [-0.39, 0.29) is 6.61 Å². The standard InChI is InChI=1S/C22H28N2O4/c1-5-16(3)19-8-6-7-9-20(19)27-14-21(25)23-24-22(26)17(4)28-18-12-10-15(2)11-13-18/h6-13,16-17H,5,14H2,1-4H3,(H,23,25)(H,24,26). The highest BCUT2D eigenvalue weighted by atomic mass is 16.5. The number of carbonyl (C=O) groups excluding carboxylic acids is 2. The van der Waals surface area contributed by atoms with Gasteiger partial charge in [0, 0.05) is 0 Å². The monoisotopic (exact) mass is 384 g/mol. The topological polar surface area (TPSA) is 76.7 Å². The van der Waals surface area contributed by atoms with Crippen molar-refractivity contribution in [3.63, 3.8) is 0 Å². The number of aryl methyl sites for hydroxylation is 1. The van der Waals surface area contributed by atoms with E-state index in [0.29, 0.717) is 17.4 Å². The minimum Gasteiger partial charge on any atom is -0.483 e. The molecule has 0 aliphatic carbocycles. The van der Waals surface area contributed by atoms with Crippen molar-refractivity contribution in [2.24, 2.45) is 0 Å². The zero-order valence-corrected chi connectivity index (χ0v) is 16.8. The molecule has 2 aromatic carbocycles. The Labute approximate surface area is 166 Å². The first kappa shape index (κ1) is 21.3. The van der Waals surface area contributed by atoms with Gasteiger partial charge in [0.05, 0.1) is 0 Å². The van der Waals surface area contributed by atoms with Crippen molar-refractivity contribution in [2.45, 2.75) is 46.1 Å². The first-order chi connectivity index (χ1) is 13.4. The lowest BCUT2D eigenvalue weighted by atomic mass is 9.98. The van der Waals surface area contributed by atoms with Crippen LogP contribution in [0.1, 0.15) is 44.2 Å². The molecule has 2 amide bonds. The van der Waals surface area contributed by atoms with Gasteiger partial charge in [-0.2, -0.15) is 0 Å². The van der Waals surface area contributed by atoms with Crippen LogP contribution in [0.15, 0.2) is 48.5 Å². The van der Waals surface area contributed by atoms with Gasteiger partial charge in [-0.25, -0.2) is 0 Å². The van der Waals surface area contributed by atoms with Gasteiger partial charge in [0.15, 0.2) is 12.7 Å². The Balaban J connectivity index is 1.79. The molecule has 2 atom stereocenters. The quantitative estimate of drug-likeness (QED) is 0.683. The molecule has 6 nitrogen and oxygen atoms in total. The number of benzene rings is 2. The van der Waals surface area contributed by atoms with Gasteiger partial charge in [0.1, 0.15) is 11.5 Å². The summed E-state index contributed by atoms with van der Waals surface area (Å²) in [5, 5.41) is 0. The van der Waals surface area contributed by atoms with Gasteiger partial charge in [-0.15, -0.1) is 0 Å². The fourth-order valence-electron chi connectivity index (χ4n) is 2.53. The smallest absolute Gasteiger partial charge is 0.279 e. The minimum atomic E-state index is -0.755. The Morgan fingerprint density at radius 1 is 1.00 bits per heavy atom.